The molecule has 1 atom stereocenters. The molecule has 0 heterocycles. The molecule has 2 aromatic rings. The minimum Gasteiger partial charge on any atom is -0.324 e. The standard InChI is InChI=1S/C20H25FN2O3S/c1-5-15-10-9-11-16(6-2)19(15)22-20(24)14(3)23(27(4,25)26)18-13-8-7-12-17(18)21/h7-14H,5-6H2,1-4H3,(H,22,24)/t14-/m0/s1. The summed E-state index contributed by atoms with van der Waals surface area (Å²) in [6, 6.07) is 10.2. The molecule has 2 rings (SSSR count). The molecule has 1 amide bonds. The van der Waals surface area contributed by atoms with Gasteiger partial charge in [0.25, 0.3) is 0 Å². The van der Waals surface area contributed by atoms with E-state index in [9.17, 15) is 17.6 Å². The molecule has 0 radical (unpaired) electrons. The molecular weight excluding hydrogens is 367 g/mol. The summed E-state index contributed by atoms with van der Waals surface area (Å²) in [5.74, 6) is -1.22. The minimum atomic E-state index is -3.88. The first kappa shape index (κ1) is 20.9. The van der Waals surface area contributed by atoms with E-state index < -0.39 is 27.8 Å². The van der Waals surface area contributed by atoms with Crippen molar-refractivity contribution in [1.82, 2.24) is 0 Å². The lowest BCUT2D eigenvalue weighted by Gasteiger charge is -2.29. The maximum Gasteiger partial charge on any atom is 0.248 e. The fourth-order valence-corrected chi connectivity index (χ4v) is 4.22. The Morgan fingerprint density at radius 2 is 1.63 bits per heavy atom. The number of amides is 1. The largest absolute Gasteiger partial charge is 0.324 e. The van der Waals surface area contributed by atoms with Crippen molar-refractivity contribution in [3.05, 3.63) is 59.4 Å². The van der Waals surface area contributed by atoms with Crippen LogP contribution in [0.2, 0.25) is 0 Å². The third kappa shape index (κ3) is 4.66. The van der Waals surface area contributed by atoms with Gasteiger partial charge in [-0.3, -0.25) is 9.10 Å². The number of carbonyl (C=O) groups is 1. The summed E-state index contributed by atoms with van der Waals surface area (Å²) in [5, 5.41) is 2.86. The van der Waals surface area contributed by atoms with Gasteiger partial charge in [0.05, 0.1) is 11.9 Å². The Kier molecular flexibility index (Phi) is 6.59. The zero-order chi connectivity index (χ0) is 20.2. The van der Waals surface area contributed by atoms with Crippen LogP contribution in [0.25, 0.3) is 0 Å². The van der Waals surface area contributed by atoms with Gasteiger partial charge in [0, 0.05) is 5.69 Å². The van der Waals surface area contributed by atoms with E-state index in [0.29, 0.717) is 5.69 Å². The molecular formula is C20H25FN2O3S. The van der Waals surface area contributed by atoms with E-state index in [1.807, 2.05) is 32.0 Å². The van der Waals surface area contributed by atoms with Crippen LogP contribution in [-0.4, -0.2) is 26.6 Å². The van der Waals surface area contributed by atoms with E-state index in [0.717, 1.165) is 34.5 Å². The highest BCUT2D eigenvalue weighted by Crippen LogP contribution is 2.26. The number of halogens is 1. The third-order valence-electron chi connectivity index (χ3n) is 4.43. The maximum atomic E-state index is 14.2. The monoisotopic (exact) mass is 392 g/mol. The molecule has 0 aliphatic heterocycles. The van der Waals surface area contributed by atoms with Crippen molar-refractivity contribution in [2.24, 2.45) is 0 Å². The van der Waals surface area contributed by atoms with E-state index >= 15 is 0 Å². The Morgan fingerprint density at radius 3 is 2.11 bits per heavy atom. The van der Waals surface area contributed by atoms with Crippen molar-refractivity contribution in [3.63, 3.8) is 0 Å². The Balaban J connectivity index is 2.42. The fraction of sp³-hybridized carbons (Fsp3) is 0.350. The lowest BCUT2D eigenvalue weighted by molar-refractivity contribution is -0.116. The van der Waals surface area contributed by atoms with E-state index in [-0.39, 0.29) is 5.69 Å². The first-order valence-electron chi connectivity index (χ1n) is 8.86. The number of anilines is 2. The number of aryl methyl sites for hydroxylation is 2. The second kappa shape index (κ2) is 8.52. The van der Waals surface area contributed by atoms with Gasteiger partial charge < -0.3 is 5.32 Å². The van der Waals surface area contributed by atoms with Crippen LogP contribution < -0.4 is 9.62 Å². The molecule has 0 aromatic heterocycles. The molecule has 0 saturated heterocycles. The van der Waals surface area contributed by atoms with Gasteiger partial charge in [-0.05, 0) is 43.0 Å². The highest BCUT2D eigenvalue weighted by molar-refractivity contribution is 7.92. The average Bonchev–Trinajstić information content (AvgIpc) is 2.62. The average molecular weight is 392 g/mol. The Hall–Kier alpha value is -2.41. The Bertz CT molecular complexity index is 906. The van der Waals surface area contributed by atoms with Crippen LogP contribution in [0.1, 0.15) is 31.9 Å². The van der Waals surface area contributed by atoms with Crippen molar-refractivity contribution in [2.75, 3.05) is 15.9 Å². The first-order chi connectivity index (χ1) is 12.7. The smallest absolute Gasteiger partial charge is 0.248 e. The second-order valence-corrected chi connectivity index (χ2v) is 8.19. The van der Waals surface area contributed by atoms with Crippen molar-refractivity contribution in [2.45, 2.75) is 39.7 Å². The van der Waals surface area contributed by atoms with E-state index in [4.69, 9.17) is 0 Å². The molecule has 0 aliphatic rings. The third-order valence-corrected chi connectivity index (χ3v) is 5.65. The van der Waals surface area contributed by atoms with Gasteiger partial charge in [0.15, 0.2) is 0 Å². The summed E-state index contributed by atoms with van der Waals surface area (Å²) >= 11 is 0. The quantitative estimate of drug-likeness (QED) is 0.780. The first-order valence-corrected chi connectivity index (χ1v) is 10.7. The second-order valence-electron chi connectivity index (χ2n) is 6.33. The van der Waals surface area contributed by atoms with Crippen LogP contribution in [-0.2, 0) is 27.7 Å². The van der Waals surface area contributed by atoms with Gasteiger partial charge in [-0.15, -0.1) is 0 Å². The highest BCUT2D eigenvalue weighted by Gasteiger charge is 2.31. The molecule has 27 heavy (non-hydrogen) atoms. The van der Waals surface area contributed by atoms with Crippen molar-refractivity contribution < 1.29 is 17.6 Å². The number of carbonyl (C=O) groups excluding carboxylic acids is 1. The van der Waals surface area contributed by atoms with Gasteiger partial charge in [-0.25, -0.2) is 12.8 Å². The predicted octanol–water partition coefficient (Wildman–Crippen LogP) is 3.74. The number of nitrogens with zero attached hydrogens (tertiary/aromatic N) is 1. The molecule has 0 unspecified atom stereocenters. The fourth-order valence-electron chi connectivity index (χ4n) is 3.04. The van der Waals surface area contributed by atoms with Crippen LogP contribution in [0.3, 0.4) is 0 Å². The number of benzene rings is 2. The van der Waals surface area contributed by atoms with Crippen LogP contribution in [0.15, 0.2) is 42.5 Å². The Morgan fingerprint density at radius 1 is 1.07 bits per heavy atom. The van der Waals surface area contributed by atoms with Crippen LogP contribution >= 0.6 is 0 Å². The Labute approximate surface area is 160 Å². The number of sulfonamides is 1. The molecule has 2 aromatic carbocycles. The van der Waals surface area contributed by atoms with Gasteiger partial charge in [-0.1, -0.05) is 44.2 Å². The molecule has 1 N–H and O–H groups in total. The zero-order valence-electron chi connectivity index (χ0n) is 16.0. The van der Waals surface area contributed by atoms with Crippen molar-refractivity contribution in [3.8, 4) is 0 Å². The molecule has 7 heteroatoms. The van der Waals surface area contributed by atoms with Crippen molar-refractivity contribution >= 4 is 27.3 Å². The molecule has 0 saturated carbocycles. The molecule has 0 fully saturated rings. The highest BCUT2D eigenvalue weighted by atomic mass is 32.2. The van der Waals surface area contributed by atoms with Gasteiger partial charge in [0.1, 0.15) is 11.9 Å². The summed E-state index contributed by atoms with van der Waals surface area (Å²) in [6.45, 7) is 5.41. The van der Waals surface area contributed by atoms with Crippen molar-refractivity contribution in [1.29, 1.82) is 0 Å². The van der Waals surface area contributed by atoms with Gasteiger partial charge in [0.2, 0.25) is 15.9 Å². The topological polar surface area (TPSA) is 66.5 Å². The number of para-hydroxylation sites is 2. The normalized spacial score (nSPS) is 12.5. The van der Waals surface area contributed by atoms with Crippen LogP contribution in [0.5, 0.6) is 0 Å². The predicted molar refractivity (Wildman–Crippen MR) is 107 cm³/mol. The number of hydrogen-bond donors (Lipinski definition) is 1. The minimum absolute atomic E-state index is 0.151. The lowest BCUT2D eigenvalue weighted by Crippen LogP contribution is -2.46. The van der Waals surface area contributed by atoms with Crippen LogP contribution in [0, 0.1) is 5.82 Å². The number of nitrogens with one attached hydrogen (secondary N) is 1. The summed E-state index contributed by atoms with van der Waals surface area (Å²) in [5.41, 5.74) is 2.47. The molecule has 0 spiro atoms. The van der Waals surface area contributed by atoms with E-state index in [2.05, 4.69) is 5.32 Å². The summed E-state index contributed by atoms with van der Waals surface area (Å²) in [4.78, 5) is 12.9. The van der Waals surface area contributed by atoms with Gasteiger partial charge in [-0.2, -0.15) is 0 Å². The lowest BCUT2D eigenvalue weighted by atomic mass is 10.0. The SMILES string of the molecule is CCc1cccc(CC)c1NC(=O)[C@H](C)N(c1ccccc1F)S(C)(=O)=O. The van der Waals surface area contributed by atoms with E-state index in [1.165, 1.54) is 31.2 Å². The molecule has 0 aliphatic carbocycles. The summed E-state index contributed by atoms with van der Waals surface area (Å²) in [6.07, 6.45) is 2.41. The maximum absolute atomic E-state index is 14.2. The number of hydrogen-bond acceptors (Lipinski definition) is 3. The van der Waals surface area contributed by atoms with Gasteiger partial charge >= 0.3 is 0 Å². The van der Waals surface area contributed by atoms with Crippen LogP contribution in [0.4, 0.5) is 15.8 Å². The molecule has 0 bridgehead atoms. The molecule has 5 nitrogen and oxygen atoms in total. The summed E-state index contributed by atoms with van der Waals surface area (Å²) < 4.78 is 39.7. The number of rotatable bonds is 7. The summed E-state index contributed by atoms with van der Waals surface area (Å²) in [7, 11) is -3.88. The molecule has 146 valence electrons. The zero-order valence-corrected chi connectivity index (χ0v) is 16.8. The van der Waals surface area contributed by atoms with E-state index in [1.54, 1.807) is 0 Å².